The highest BCUT2D eigenvalue weighted by atomic mass is 35.5. The van der Waals surface area contributed by atoms with Crippen molar-refractivity contribution in [2.24, 2.45) is 4.99 Å². The van der Waals surface area contributed by atoms with Gasteiger partial charge < -0.3 is 5.32 Å². The predicted molar refractivity (Wildman–Crippen MR) is 128 cm³/mol. The number of rotatable bonds is 6. The number of ketones is 1. The Morgan fingerprint density at radius 3 is 2.38 bits per heavy atom. The van der Waals surface area contributed by atoms with Crippen molar-refractivity contribution in [1.82, 2.24) is 4.98 Å². The quantitative estimate of drug-likeness (QED) is 0.338. The lowest BCUT2D eigenvalue weighted by Crippen LogP contribution is -2.17. The zero-order valence-corrected chi connectivity index (χ0v) is 18.3. The van der Waals surface area contributed by atoms with Crippen LogP contribution in [0, 0.1) is 5.82 Å². The largest absolute Gasteiger partial charge is 0.307 e. The number of halogens is 3. The first-order chi connectivity index (χ1) is 14.8. The van der Waals surface area contributed by atoms with Crippen molar-refractivity contribution in [3.63, 3.8) is 0 Å². The van der Waals surface area contributed by atoms with E-state index in [0.29, 0.717) is 32.7 Å². The summed E-state index contributed by atoms with van der Waals surface area (Å²) in [5.41, 5.74) is 1.80. The highest BCUT2D eigenvalue weighted by Crippen LogP contribution is 2.21. The van der Waals surface area contributed by atoms with Crippen LogP contribution in [0.5, 0.6) is 0 Å². The molecule has 0 fully saturated rings. The highest BCUT2D eigenvalue weighted by molar-refractivity contribution is 6.31. The zero-order chi connectivity index (χ0) is 22.5. The van der Waals surface area contributed by atoms with E-state index in [1.807, 2.05) is 0 Å². The van der Waals surface area contributed by atoms with Gasteiger partial charge in [0.1, 0.15) is 11.6 Å². The van der Waals surface area contributed by atoms with Gasteiger partial charge in [-0.05, 0) is 54.4 Å². The Hall–Kier alpha value is -3.09. The molecule has 0 atom stereocenters. The third-order valence-corrected chi connectivity index (χ3v) is 5.12. The van der Waals surface area contributed by atoms with Crippen LogP contribution in [0.2, 0.25) is 10.0 Å². The molecule has 32 heavy (non-hydrogen) atoms. The number of hydrogen-bond donors (Lipinski definition) is 1. The van der Waals surface area contributed by atoms with Crippen LogP contribution in [0.25, 0.3) is 0 Å². The molecule has 0 aliphatic heterocycles. The summed E-state index contributed by atoms with van der Waals surface area (Å²) in [5.74, 6) is -1.31. The Labute approximate surface area is 196 Å². The second kappa shape index (κ2) is 11.0. The van der Waals surface area contributed by atoms with E-state index in [0.717, 1.165) is 0 Å². The molecule has 0 saturated heterocycles. The van der Waals surface area contributed by atoms with Gasteiger partial charge in [-0.15, -0.1) is 0 Å². The fourth-order valence-corrected chi connectivity index (χ4v) is 3.20. The fourth-order valence-electron chi connectivity index (χ4n) is 2.91. The lowest BCUT2D eigenvalue weighted by molar-refractivity contribution is 0.0988. The first-order valence-electron chi connectivity index (χ1n) is 9.26. The first kappa shape index (κ1) is 25.2. The molecule has 0 saturated carbocycles. The Morgan fingerprint density at radius 2 is 1.75 bits per heavy atom. The number of benzene rings is 2. The van der Waals surface area contributed by atoms with Crippen molar-refractivity contribution in [2.45, 2.75) is 20.8 Å². The summed E-state index contributed by atoms with van der Waals surface area (Å²) in [7, 11) is 1.61. The maximum absolute atomic E-state index is 14.5. The number of amides is 1. The van der Waals surface area contributed by atoms with Gasteiger partial charge in [-0.25, -0.2) is 9.37 Å². The molecule has 166 valence electrons. The molecular formula is C24H22Cl2FN3O2. The summed E-state index contributed by atoms with van der Waals surface area (Å²) < 4.78 is 14.5. The van der Waals surface area contributed by atoms with Crippen LogP contribution in [0.1, 0.15) is 46.2 Å². The van der Waals surface area contributed by atoms with E-state index in [1.165, 1.54) is 24.4 Å². The number of Topliss-reactive ketones (excluding diaryl/α,β-unsaturated/α-hetero) is 1. The Kier molecular flexibility index (Phi) is 8.63. The molecule has 0 aliphatic rings. The van der Waals surface area contributed by atoms with E-state index in [9.17, 15) is 14.0 Å². The Morgan fingerprint density at radius 1 is 1.03 bits per heavy atom. The first-order valence-corrected chi connectivity index (χ1v) is 10.0. The van der Waals surface area contributed by atoms with Crippen molar-refractivity contribution < 1.29 is 14.0 Å². The number of aromatic nitrogens is 1. The topological polar surface area (TPSA) is 71.4 Å². The Balaban J connectivity index is 0.00000363. The second-order valence-electron chi connectivity index (χ2n) is 6.72. The number of hydrogen-bond acceptors (Lipinski definition) is 4. The van der Waals surface area contributed by atoms with Crippen molar-refractivity contribution in [1.29, 1.82) is 0 Å². The van der Waals surface area contributed by atoms with Gasteiger partial charge in [0.05, 0.1) is 10.6 Å². The van der Waals surface area contributed by atoms with Crippen LogP contribution in [0.15, 0.2) is 59.7 Å². The molecule has 3 aromatic rings. The zero-order valence-electron chi connectivity index (χ0n) is 16.7. The van der Waals surface area contributed by atoms with Gasteiger partial charge in [-0.1, -0.05) is 42.8 Å². The third-order valence-electron chi connectivity index (χ3n) is 4.66. The summed E-state index contributed by atoms with van der Waals surface area (Å²) in [5, 5.41) is 3.40. The number of carbonyl (C=O) groups excluding carboxylic acids is 2. The van der Waals surface area contributed by atoms with Gasteiger partial charge in [0.15, 0.2) is 5.78 Å². The van der Waals surface area contributed by atoms with Crippen LogP contribution in [0.3, 0.4) is 0 Å². The molecule has 1 N–H and O–H groups in total. The van der Waals surface area contributed by atoms with E-state index >= 15 is 0 Å². The molecule has 1 aromatic heterocycles. The van der Waals surface area contributed by atoms with Crippen LogP contribution in [-0.2, 0) is 6.42 Å². The number of anilines is 1. The second-order valence-corrected chi connectivity index (χ2v) is 7.59. The lowest BCUT2D eigenvalue weighted by atomic mass is 9.97. The van der Waals surface area contributed by atoms with E-state index in [-0.39, 0.29) is 25.0 Å². The minimum absolute atomic E-state index is 0. The van der Waals surface area contributed by atoms with Crippen LogP contribution < -0.4 is 5.32 Å². The Bertz CT molecular complexity index is 1180. The number of nitrogens with zero attached hydrogens (tertiary/aromatic N) is 2. The van der Waals surface area contributed by atoms with Crippen molar-refractivity contribution in [2.75, 3.05) is 12.4 Å². The van der Waals surface area contributed by atoms with Crippen LogP contribution in [-0.4, -0.2) is 29.4 Å². The van der Waals surface area contributed by atoms with E-state index in [1.54, 1.807) is 44.3 Å². The van der Waals surface area contributed by atoms with Gasteiger partial charge >= 0.3 is 0 Å². The van der Waals surface area contributed by atoms with Crippen molar-refractivity contribution >= 4 is 46.4 Å². The van der Waals surface area contributed by atoms with Crippen molar-refractivity contribution in [3.8, 4) is 0 Å². The molecule has 3 rings (SSSR count). The molecular weight excluding hydrogens is 452 g/mol. The smallest absolute Gasteiger partial charge is 0.257 e. The van der Waals surface area contributed by atoms with Crippen LogP contribution >= 0.6 is 23.2 Å². The normalized spacial score (nSPS) is 11.0. The van der Waals surface area contributed by atoms with Gasteiger partial charge in [0.2, 0.25) is 0 Å². The minimum atomic E-state index is -0.643. The molecule has 1 heterocycles. The predicted octanol–water partition coefficient (Wildman–Crippen LogP) is 6.28. The summed E-state index contributed by atoms with van der Waals surface area (Å²) in [6.45, 7) is 1.75. The molecule has 0 aliphatic carbocycles. The molecule has 0 spiro atoms. The number of nitrogens with one attached hydrogen (secondary N) is 1. The molecule has 5 nitrogen and oxygen atoms in total. The minimum Gasteiger partial charge on any atom is -0.307 e. The summed E-state index contributed by atoms with van der Waals surface area (Å²) >= 11 is 11.9. The number of carbonyl (C=O) groups is 2. The molecule has 0 unspecified atom stereocenters. The summed E-state index contributed by atoms with van der Waals surface area (Å²) in [4.78, 5) is 33.6. The van der Waals surface area contributed by atoms with E-state index < -0.39 is 17.5 Å². The molecule has 2 aromatic carbocycles. The van der Waals surface area contributed by atoms with E-state index in [4.69, 9.17) is 23.2 Å². The monoisotopic (exact) mass is 473 g/mol. The molecule has 0 bridgehead atoms. The SMILES string of the molecule is C.CN=C(C)c1ccc(C(=O)Cc2ccc(Cl)cc2C(=O)Nc2ccc(Cl)cn2)c(F)c1. The lowest BCUT2D eigenvalue weighted by Gasteiger charge is -2.11. The van der Waals surface area contributed by atoms with Gasteiger partial charge in [-0.3, -0.25) is 14.6 Å². The van der Waals surface area contributed by atoms with Crippen molar-refractivity contribution in [3.05, 3.63) is 92.8 Å². The van der Waals surface area contributed by atoms with Gasteiger partial charge in [-0.2, -0.15) is 0 Å². The van der Waals surface area contributed by atoms with Gasteiger partial charge in [0.25, 0.3) is 5.91 Å². The average Bonchev–Trinajstić information content (AvgIpc) is 2.75. The summed E-state index contributed by atoms with van der Waals surface area (Å²) in [6.07, 6.45) is 1.22. The standard InChI is InChI=1S/C23H18Cl2FN3O2.CH4/c1-13(27-2)14-4-7-18(20(26)9-14)21(30)10-15-3-5-16(24)11-19(15)23(31)29-22-8-6-17(25)12-28-22;/h3-9,11-12H,10H2,1-2H3,(H,28,29,31);1H4. The molecule has 0 radical (unpaired) electrons. The maximum Gasteiger partial charge on any atom is 0.257 e. The maximum atomic E-state index is 14.5. The highest BCUT2D eigenvalue weighted by Gasteiger charge is 2.19. The van der Waals surface area contributed by atoms with Gasteiger partial charge in [0, 0.05) is 36.0 Å². The number of aliphatic imine (C=N–C) groups is 1. The fraction of sp³-hybridized carbons (Fsp3) is 0.167. The van der Waals surface area contributed by atoms with E-state index in [2.05, 4.69) is 15.3 Å². The molecule has 1 amide bonds. The third kappa shape index (κ3) is 5.99. The van der Waals surface area contributed by atoms with Crippen LogP contribution in [0.4, 0.5) is 10.2 Å². The summed E-state index contributed by atoms with van der Waals surface area (Å²) in [6, 6.07) is 12.1. The molecule has 8 heteroatoms. The average molecular weight is 474 g/mol. The number of pyridine rings is 1.